The summed E-state index contributed by atoms with van der Waals surface area (Å²) in [4.78, 5) is 23.4. The summed E-state index contributed by atoms with van der Waals surface area (Å²) in [7, 11) is 1.68. The third-order valence-electron chi connectivity index (χ3n) is 3.79. The van der Waals surface area contributed by atoms with Crippen molar-refractivity contribution < 1.29 is 19.6 Å². The molecule has 114 valence electrons. The van der Waals surface area contributed by atoms with E-state index in [0.717, 1.165) is 32.5 Å². The fraction of sp³-hybridized carbons (Fsp3) is 0.500. The Morgan fingerprint density at radius 1 is 1.48 bits per heavy atom. The maximum Gasteiger partial charge on any atom is 0.342 e. The molecule has 2 rings (SSSR count). The van der Waals surface area contributed by atoms with Crippen molar-refractivity contribution in [1.82, 2.24) is 0 Å². The minimum absolute atomic E-state index is 0.280. The summed E-state index contributed by atoms with van der Waals surface area (Å²) >= 11 is 0. The van der Waals surface area contributed by atoms with Crippen LogP contribution in [0.15, 0.2) is 18.2 Å². The van der Waals surface area contributed by atoms with Crippen LogP contribution in [0, 0.1) is 16.0 Å². The summed E-state index contributed by atoms with van der Waals surface area (Å²) in [5.41, 5.74) is 0.0552. The number of nitro benzene ring substituents is 1. The SMILES string of the molecule is COCC1CCN(c2ccc(C(=O)O)c([N+](=O)[O-])c2)CC1. The van der Waals surface area contributed by atoms with Crippen LogP contribution >= 0.6 is 0 Å². The van der Waals surface area contributed by atoms with Gasteiger partial charge in [-0.05, 0) is 30.9 Å². The van der Waals surface area contributed by atoms with E-state index >= 15 is 0 Å². The first-order valence-corrected chi connectivity index (χ1v) is 6.78. The molecule has 0 radical (unpaired) electrons. The topological polar surface area (TPSA) is 92.9 Å². The van der Waals surface area contributed by atoms with Crippen LogP contribution in [-0.4, -0.2) is 42.8 Å². The van der Waals surface area contributed by atoms with E-state index in [2.05, 4.69) is 0 Å². The van der Waals surface area contributed by atoms with E-state index in [1.165, 1.54) is 12.1 Å². The lowest BCUT2D eigenvalue weighted by Crippen LogP contribution is -2.35. The van der Waals surface area contributed by atoms with Gasteiger partial charge in [-0.25, -0.2) is 4.79 Å². The molecule has 1 fully saturated rings. The van der Waals surface area contributed by atoms with Gasteiger partial charge in [0, 0.05) is 38.6 Å². The maximum absolute atomic E-state index is 11.0. The number of rotatable bonds is 5. The number of hydrogen-bond acceptors (Lipinski definition) is 5. The number of nitro groups is 1. The number of carboxylic acid groups (broad SMARTS) is 1. The van der Waals surface area contributed by atoms with Crippen molar-refractivity contribution in [3.63, 3.8) is 0 Å². The Morgan fingerprint density at radius 3 is 2.67 bits per heavy atom. The number of anilines is 1. The summed E-state index contributed by atoms with van der Waals surface area (Å²) in [6.45, 7) is 2.31. The second kappa shape index (κ2) is 6.53. The minimum Gasteiger partial charge on any atom is -0.477 e. The fourth-order valence-electron chi connectivity index (χ4n) is 2.64. The Kier molecular flexibility index (Phi) is 4.74. The number of benzene rings is 1. The van der Waals surface area contributed by atoms with Crippen LogP contribution in [0.5, 0.6) is 0 Å². The lowest BCUT2D eigenvalue weighted by atomic mass is 9.97. The van der Waals surface area contributed by atoms with Crippen LogP contribution in [0.2, 0.25) is 0 Å². The van der Waals surface area contributed by atoms with Crippen molar-refractivity contribution in [2.24, 2.45) is 5.92 Å². The van der Waals surface area contributed by atoms with E-state index in [1.807, 2.05) is 4.90 Å². The Morgan fingerprint density at radius 2 is 2.14 bits per heavy atom. The van der Waals surface area contributed by atoms with Gasteiger partial charge >= 0.3 is 5.97 Å². The largest absolute Gasteiger partial charge is 0.477 e. The Bertz CT molecular complexity index is 538. The molecule has 0 spiro atoms. The smallest absolute Gasteiger partial charge is 0.342 e. The Balaban J connectivity index is 2.16. The van der Waals surface area contributed by atoms with Crippen LogP contribution in [0.3, 0.4) is 0 Å². The summed E-state index contributed by atoms with van der Waals surface area (Å²) in [6.07, 6.45) is 1.92. The monoisotopic (exact) mass is 294 g/mol. The van der Waals surface area contributed by atoms with Gasteiger partial charge in [0.15, 0.2) is 0 Å². The van der Waals surface area contributed by atoms with Crippen LogP contribution in [-0.2, 0) is 4.74 Å². The van der Waals surface area contributed by atoms with Crippen molar-refractivity contribution in [1.29, 1.82) is 0 Å². The van der Waals surface area contributed by atoms with Crippen LogP contribution in [0.25, 0.3) is 0 Å². The average molecular weight is 294 g/mol. The third kappa shape index (κ3) is 3.49. The number of carbonyl (C=O) groups is 1. The van der Waals surface area contributed by atoms with Gasteiger partial charge < -0.3 is 14.7 Å². The highest BCUT2D eigenvalue weighted by Crippen LogP contribution is 2.29. The molecule has 21 heavy (non-hydrogen) atoms. The van der Waals surface area contributed by atoms with Gasteiger partial charge in [-0.1, -0.05) is 0 Å². The molecule has 1 heterocycles. The quantitative estimate of drug-likeness (QED) is 0.660. The summed E-state index contributed by atoms with van der Waals surface area (Å²) in [5.74, 6) is -0.772. The molecule has 1 aromatic rings. The van der Waals surface area contributed by atoms with Crippen molar-refractivity contribution in [2.75, 3.05) is 31.7 Å². The number of aromatic carboxylic acids is 1. The number of hydrogen-bond donors (Lipinski definition) is 1. The highest BCUT2D eigenvalue weighted by molar-refractivity contribution is 5.93. The molecule has 0 unspecified atom stereocenters. The molecule has 0 bridgehead atoms. The zero-order chi connectivity index (χ0) is 15.4. The van der Waals surface area contributed by atoms with Gasteiger partial charge in [0.1, 0.15) is 5.56 Å². The van der Waals surface area contributed by atoms with E-state index in [-0.39, 0.29) is 11.3 Å². The molecule has 0 amide bonds. The number of ether oxygens (including phenoxy) is 1. The van der Waals surface area contributed by atoms with E-state index in [0.29, 0.717) is 11.6 Å². The van der Waals surface area contributed by atoms with Crippen LogP contribution in [0.4, 0.5) is 11.4 Å². The molecule has 0 aliphatic carbocycles. The van der Waals surface area contributed by atoms with E-state index in [9.17, 15) is 14.9 Å². The molecule has 1 aliphatic heterocycles. The van der Waals surface area contributed by atoms with E-state index < -0.39 is 10.9 Å². The highest BCUT2D eigenvalue weighted by atomic mass is 16.6. The molecular weight excluding hydrogens is 276 g/mol. The normalized spacial score (nSPS) is 16.0. The molecule has 1 N–H and O–H groups in total. The number of methoxy groups -OCH3 is 1. The van der Waals surface area contributed by atoms with E-state index in [1.54, 1.807) is 13.2 Å². The predicted octanol–water partition coefficient (Wildman–Crippen LogP) is 2.16. The zero-order valence-corrected chi connectivity index (χ0v) is 11.8. The number of piperidine rings is 1. The fourth-order valence-corrected chi connectivity index (χ4v) is 2.64. The van der Waals surface area contributed by atoms with Crippen molar-refractivity contribution in [3.8, 4) is 0 Å². The molecule has 1 saturated heterocycles. The Labute approximate surface area is 122 Å². The van der Waals surface area contributed by atoms with E-state index in [4.69, 9.17) is 9.84 Å². The van der Waals surface area contributed by atoms with Crippen LogP contribution in [0.1, 0.15) is 23.2 Å². The van der Waals surface area contributed by atoms with Gasteiger partial charge in [0.25, 0.3) is 5.69 Å². The van der Waals surface area contributed by atoms with Gasteiger partial charge in [0.2, 0.25) is 0 Å². The minimum atomic E-state index is -1.29. The molecule has 0 saturated carbocycles. The lowest BCUT2D eigenvalue weighted by molar-refractivity contribution is -0.385. The highest BCUT2D eigenvalue weighted by Gasteiger charge is 2.24. The first-order valence-electron chi connectivity index (χ1n) is 6.78. The summed E-state index contributed by atoms with van der Waals surface area (Å²) < 4.78 is 5.14. The molecule has 1 aliphatic rings. The van der Waals surface area contributed by atoms with Crippen molar-refractivity contribution in [3.05, 3.63) is 33.9 Å². The zero-order valence-electron chi connectivity index (χ0n) is 11.8. The second-order valence-corrected chi connectivity index (χ2v) is 5.15. The molecule has 7 heteroatoms. The first-order chi connectivity index (χ1) is 10.0. The molecule has 0 atom stereocenters. The molecule has 0 aromatic heterocycles. The standard InChI is InChI=1S/C14H18N2O5/c1-21-9-10-4-6-15(7-5-10)11-2-3-12(14(17)18)13(8-11)16(19)20/h2-3,8,10H,4-7,9H2,1H3,(H,17,18). The first kappa shape index (κ1) is 15.2. The van der Waals surface area contributed by atoms with Crippen LogP contribution < -0.4 is 4.90 Å². The third-order valence-corrected chi connectivity index (χ3v) is 3.79. The van der Waals surface area contributed by atoms with Gasteiger partial charge in [-0.2, -0.15) is 0 Å². The van der Waals surface area contributed by atoms with Gasteiger partial charge in [-0.3, -0.25) is 10.1 Å². The Hall–Kier alpha value is -2.15. The van der Waals surface area contributed by atoms with Gasteiger partial charge in [-0.15, -0.1) is 0 Å². The summed E-state index contributed by atoms with van der Waals surface area (Å²) in [5, 5.41) is 20.0. The second-order valence-electron chi connectivity index (χ2n) is 5.15. The summed E-state index contributed by atoms with van der Waals surface area (Å²) in [6, 6.07) is 4.28. The van der Waals surface area contributed by atoms with Crippen molar-refractivity contribution >= 4 is 17.3 Å². The lowest BCUT2D eigenvalue weighted by Gasteiger charge is -2.33. The predicted molar refractivity (Wildman–Crippen MR) is 76.9 cm³/mol. The molecule has 1 aromatic carbocycles. The number of nitrogens with zero attached hydrogens (tertiary/aromatic N) is 2. The molecule has 7 nitrogen and oxygen atoms in total. The maximum atomic E-state index is 11.0. The molecular formula is C14H18N2O5. The van der Waals surface area contributed by atoms with Gasteiger partial charge in [0.05, 0.1) is 4.92 Å². The average Bonchev–Trinajstić information content (AvgIpc) is 2.47. The van der Waals surface area contributed by atoms with Crippen molar-refractivity contribution in [2.45, 2.75) is 12.8 Å². The number of carboxylic acids is 1.